The van der Waals surface area contributed by atoms with Crippen molar-refractivity contribution in [2.24, 2.45) is 0 Å². The van der Waals surface area contributed by atoms with Crippen molar-refractivity contribution in [2.45, 2.75) is 39.7 Å². The summed E-state index contributed by atoms with van der Waals surface area (Å²) < 4.78 is 5.68. The Labute approximate surface area is 115 Å². The summed E-state index contributed by atoms with van der Waals surface area (Å²) >= 11 is 5.56. The first-order valence-electron chi connectivity index (χ1n) is 5.85. The second-order valence-electron chi connectivity index (χ2n) is 5.07. The van der Waals surface area contributed by atoms with Gasteiger partial charge in [-0.15, -0.1) is 0 Å². The average molecular weight is 284 g/mol. The summed E-state index contributed by atoms with van der Waals surface area (Å²) in [5.74, 6) is 0.553. The molecule has 0 fully saturated rings. The molecule has 19 heavy (non-hydrogen) atoms. The second-order valence-corrected chi connectivity index (χ2v) is 5.42. The fourth-order valence-corrected chi connectivity index (χ4v) is 2.61. The summed E-state index contributed by atoms with van der Waals surface area (Å²) in [6.07, 6.45) is 0.262. The molecule has 1 aliphatic rings. The highest BCUT2D eigenvalue weighted by molar-refractivity contribution is 6.65. The highest BCUT2D eigenvalue weighted by Crippen LogP contribution is 2.45. The Morgan fingerprint density at radius 3 is 2.37 bits per heavy atom. The number of benzene rings is 1. The smallest absolute Gasteiger partial charge is 0.275 e. The molecule has 5 nitrogen and oxygen atoms in total. The van der Waals surface area contributed by atoms with E-state index in [1.165, 1.54) is 0 Å². The van der Waals surface area contributed by atoms with Crippen molar-refractivity contribution in [2.75, 3.05) is 0 Å². The largest absolute Gasteiger partial charge is 0.477 e. The first kappa shape index (κ1) is 13.8. The van der Waals surface area contributed by atoms with Crippen molar-refractivity contribution < 1.29 is 14.5 Å². The lowest BCUT2D eigenvalue weighted by atomic mass is 9.92. The number of nitrogens with zero attached hydrogens (tertiary/aromatic N) is 1. The second kappa shape index (κ2) is 4.20. The highest BCUT2D eigenvalue weighted by atomic mass is 35.5. The fourth-order valence-electron chi connectivity index (χ4n) is 2.50. The summed E-state index contributed by atoms with van der Waals surface area (Å²) in [5.41, 5.74) is 1.45. The molecule has 1 heterocycles. The van der Waals surface area contributed by atoms with Crippen molar-refractivity contribution in [3.8, 4) is 5.75 Å². The standard InChI is InChI=1S/C13H14ClNO4/c1-6-7(2)11-9(8(3)10(6)15(17)18)5-13(4,19-11)12(14)16/h5H2,1-4H3. The predicted octanol–water partition coefficient (Wildman–Crippen LogP) is 2.98. The van der Waals surface area contributed by atoms with Crippen LogP contribution < -0.4 is 4.74 Å². The number of carbonyl (C=O) groups is 1. The van der Waals surface area contributed by atoms with E-state index in [9.17, 15) is 14.9 Å². The van der Waals surface area contributed by atoms with Gasteiger partial charge in [0.2, 0.25) is 0 Å². The van der Waals surface area contributed by atoms with Gasteiger partial charge in [-0.05, 0) is 39.3 Å². The minimum absolute atomic E-state index is 0.0890. The van der Waals surface area contributed by atoms with Crippen LogP contribution in [0.25, 0.3) is 0 Å². The Kier molecular flexibility index (Phi) is 3.05. The van der Waals surface area contributed by atoms with E-state index < -0.39 is 15.8 Å². The number of nitro benzene ring substituents is 1. The first-order valence-corrected chi connectivity index (χ1v) is 6.23. The van der Waals surface area contributed by atoms with Gasteiger partial charge in [-0.1, -0.05) is 0 Å². The van der Waals surface area contributed by atoms with Crippen molar-refractivity contribution in [3.63, 3.8) is 0 Å². The lowest BCUT2D eigenvalue weighted by Gasteiger charge is -2.19. The monoisotopic (exact) mass is 283 g/mol. The molecule has 0 aliphatic carbocycles. The van der Waals surface area contributed by atoms with E-state index in [0.29, 0.717) is 28.0 Å². The van der Waals surface area contributed by atoms with E-state index in [1.54, 1.807) is 27.7 Å². The van der Waals surface area contributed by atoms with Crippen molar-refractivity contribution in [1.82, 2.24) is 0 Å². The van der Waals surface area contributed by atoms with E-state index in [0.717, 1.165) is 0 Å². The molecule has 1 aromatic rings. The molecule has 1 unspecified atom stereocenters. The molecule has 102 valence electrons. The third kappa shape index (κ3) is 1.89. The molecular formula is C13H14ClNO4. The van der Waals surface area contributed by atoms with E-state index in [2.05, 4.69) is 0 Å². The van der Waals surface area contributed by atoms with Gasteiger partial charge in [0.25, 0.3) is 10.9 Å². The van der Waals surface area contributed by atoms with Gasteiger partial charge in [0, 0.05) is 28.7 Å². The number of carbonyl (C=O) groups excluding carboxylic acids is 1. The quantitative estimate of drug-likeness (QED) is 0.475. The molecule has 0 radical (unpaired) electrons. The van der Waals surface area contributed by atoms with Crippen molar-refractivity contribution >= 4 is 22.5 Å². The first-order chi connectivity index (χ1) is 8.69. The number of hydrogen-bond donors (Lipinski definition) is 0. The molecule has 1 atom stereocenters. The van der Waals surface area contributed by atoms with Crippen LogP contribution >= 0.6 is 11.6 Å². The van der Waals surface area contributed by atoms with Crippen LogP contribution in [0.2, 0.25) is 0 Å². The van der Waals surface area contributed by atoms with Gasteiger partial charge in [-0.25, -0.2) is 0 Å². The zero-order chi connectivity index (χ0) is 14.5. The topological polar surface area (TPSA) is 69.4 Å². The van der Waals surface area contributed by atoms with E-state index in [4.69, 9.17) is 16.3 Å². The van der Waals surface area contributed by atoms with Gasteiger partial charge < -0.3 is 4.74 Å². The summed E-state index contributed by atoms with van der Waals surface area (Å²) in [4.78, 5) is 22.2. The molecule has 0 amide bonds. The Balaban J connectivity index is 2.70. The molecule has 0 aromatic heterocycles. The predicted molar refractivity (Wildman–Crippen MR) is 70.9 cm³/mol. The summed E-state index contributed by atoms with van der Waals surface area (Å²) in [6, 6.07) is 0. The third-order valence-corrected chi connectivity index (χ3v) is 4.18. The molecule has 6 heteroatoms. The number of halogens is 1. The zero-order valence-electron chi connectivity index (χ0n) is 11.2. The lowest BCUT2D eigenvalue weighted by Crippen LogP contribution is -2.37. The van der Waals surface area contributed by atoms with Crippen LogP contribution in [-0.4, -0.2) is 15.8 Å². The fraction of sp³-hybridized carbons (Fsp3) is 0.462. The number of ether oxygens (including phenoxy) is 1. The van der Waals surface area contributed by atoms with E-state index in [1.807, 2.05) is 0 Å². The van der Waals surface area contributed by atoms with Gasteiger partial charge >= 0.3 is 0 Å². The van der Waals surface area contributed by atoms with Gasteiger partial charge in [-0.3, -0.25) is 14.9 Å². The highest BCUT2D eigenvalue weighted by Gasteiger charge is 2.44. The van der Waals surface area contributed by atoms with E-state index in [-0.39, 0.29) is 12.1 Å². The SMILES string of the molecule is Cc1c(C)c([N+](=O)[O-])c(C)c2c1OC(C)(C(=O)Cl)C2. The van der Waals surface area contributed by atoms with Crippen molar-refractivity contribution in [3.05, 3.63) is 32.4 Å². The van der Waals surface area contributed by atoms with Gasteiger partial charge in [0.15, 0.2) is 5.60 Å². The van der Waals surface area contributed by atoms with Crippen LogP contribution in [0.4, 0.5) is 5.69 Å². The van der Waals surface area contributed by atoms with Gasteiger partial charge in [0.1, 0.15) is 5.75 Å². The maximum absolute atomic E-state index is 11.5. The molecule has 2 rings (SSSR count). The molecular weight excluding hydrogens is 270 g/mol. The van der Waals surface area contributed by atoms with E-state index >= 15 is 0 Å². The van der Waals surface area contributed by atoms with Crippen LogP contribution in [0, 0.1) is 30.9 Å². The Morgan fingerprint density at radius 2 is 1.89 bits per heavy atom. The van der Waals surface area contributed by atoms with Gasteiger partial charge in [0.05, 0.1) is 4.92 Å². The summed E-state index contributed by atoms with van der Waals surface area (Å²) in [7, 11) is 0. The maximum atomic E-state index is 11.5. The molecule has 0 bridgehead atoms. The summed E-state index contributed by atoms with van der Waals surface area (Å²) in [5, 5.41) is 10.6. The van der Waals surface area contributed by atoms with Crippen molar-refractivity contribution in [1.29, 1.82) is 0 Å². The molecule has 0 saturated heterocycles. The Morgan fingerprint density at radius 1 is 1.32 bits per heavy atom. The minimum Gasteiger partial charge on any atom is -0.477 e. The molecule has 0 saturated carbocycles. The van der Waals surface area contributed by atoms with Gasteiger partial charge in [-0.2, -0.15) is 0 Å². The van der Waals surface area contributed by atoms with Crippen LogP contribution in [0.5, 0.6) is 5.75 Å². The zero-order valence-corrected chi connectivity index (χ0v) is 11.9. The minimum atomic E-state index is -1.14. The molecule has 0 spiro atoms. The number of hydrogen-bond acceptors (Lipinski definition) is 4. The van der Waals surface area contributed by atoms with Crippen LogP contribution in [0.3, 0.4) is 0 Å². The number of rotatable bonds is 2. The van der Waals surface area contributed by atoms with Crippen LogP contribution in [-0.2, 0) is 11.2 Å². The third-order valence-electron chi connectivity index (χ3n) is 3.78. The molecule has 1 aliphatic heterocycles. The van der Waals surface area contributed by atoms with Crippen LogP contribution in [0.1, 0.15) is 29.2 Å². The maximum Gasteiger partial charge on any atom is 0.275 e. The number of nitro groups is 1. The average Bonchev–Trinajstić information content (AvgIpc) is 2.66. The molecule has 1 aromatic carbocycles. The molecule has 0 N–H and O–H groups in total. The summed E-state index contributed by atoms with van der Waals surface area (Å²) in [6.45, 7) is 6.72. The lowest BCUT2D eigenvalue weighted by molar-refractivity contribution is -0.386. The number of fused-ring (bicyclic) bond motifs is 1. The Bertz CT molecular complexity index is 611. The Hall–Kier alpha value is -1.62. The normalized spacial score (nSPS) is 20.9. The van der Waals surface area contributed by atoms with Crippen LogP contribution in [0.15, 0.2) is 0 Å².